The third-order valence-electron chi connectivity index (χ3n) is 2.46. The largest absolute Gasteiger partial charge is 0.486 e. The molecule has 0 radical (unpaired) electrons. The van der Waals surface area contributed by atoms with E-state index >= 15 is 0 Å². The summed E-state index contributed by atoms with van der Waals surface area (Å²) in [4.78, 5) is 0. The second-order valence-corrected chi connectivity index (χ2v) is 3.92. The van der Waals surface area contributed by atoms with Gasteiger partial charge in [0.15, 0.2) is 0 Å². The summed E-state index contributed by atoms with van der Waals surface area (Å²) in [6, 6.07) is 4.57. The van der Waals surface area contributed by atoms with Crippen molar-refractivity contribution in [3.05, 3.63) is 24.0 Å². The van der Waals surface area contributed by atoms with Gasteiger partial charge in [0.25, 0.3) is 0 Å². The molecular formula is C11H14FNO. The Morgan fingerprint density at radius 3 is 3.00 bits per heavy atom. The molecule has 0 bridgehead atoms. The van der Waals surface area contributed by atoms with Crippen LogP contribution in [0.2, 0.25) is 0 Å². The molecule has 3 heteroatoms. The van der Waals surface area contributed by atoms with Crippen molar-refractivity contribution in [1.29, 1.82) is 0 Å². The summed E-state index contributed by atoms with van der Waals surface area (Å²) in [6.45, 7) is 4.98. The summed E-state index contributed by atoms with van der Waals surface area (Å²) >= 11 is 0. The molecule has 1 aromatic carbocycles. The summed E-state index contributed by atoms with van der Waals surface area (Å²) in [5, 5.41) is 3.23. The first-order valence-electron chi connectivity index (χ1n) is 4.87. The number of benzene rings is 1. The number of hydrogen-bond donors (Lipinski definition) is 1. The quantitative estimate of drug-likeness (QED) is 0.743. The van der Waals surface area contributed by atoms with Gasteiger partial charge in [-0.2, -0.15) is 0 Å². The van der Waals surface area contributed by atoms with Crippen LogP contribution in [0.25, 0.3) is 0 Å². The first kappa shape index (κ1) is 9.31. The zero-order valence-electron chi connectivity index (χ0n) is 8.38. The van der Waals surface area contributed by atoms with Crippen molar-refractivity contribution >= 4 is 5.69 Å². The van der Waals surface area contributed by atoms with Crippen LogP contribution in [0.15, 0.2) is 18.2 Å². The van der Waals surface area contributed by atoms with Crippen LogP contribution in [0.1, 0.15) is 13.8 Å². The maximum atomic E-state index is 12.9. The highest BCUT2D eigenvalue weighted by Crippen LogP contribution is 2.31. The topological polar surface area (TPSA) is 21.3 Å². The van der Waals surface area contributed by atoms with Crippen molar-refractivity contribution in [2.45, 2.75) is 20.0 Å². The third-order valence-corrected chi connectivity index (χ3v) is 2.46. The molecule has 2 rings (SSSR count). The Labute approximate surface area is 83.1 Å². The van der Waals surface area contributed by atoms with Gasteiger partial charge in [-0.15, -0.1) is 0 Å². The summed E-state index contributed by atoms with van der Waals surface area (Å²) in [6.07, 6.45) is 0.129. The van der Waals surface area contributed by atoms with Crippen LogP contribution < -0.4 is 10.1 Å². The average molecular weight is 195 g/mol. The second kappa shape index (κ2) is 3.48. The first-order chi connectivity index (χ1) is 6.66. The van der Waals surface area contributed by atoms with Crippen molar-refractivity contribution in [1.82, 2.24) is 0 Å². The fraction of sp³-hybridized carbons (Fsp3) is 0.455. The van der Waals surface area contributed by atoms with Crippen LogP contribution in [0.5, 0.6) is 5.75 Å². The molecule has 76 valence electrons. The van der Waals surface area contributed by atoms with E-state index in [2.05, 4.69) is 19.2 Å². The molecule has 1 atom stereocenters. The molecule has 1 aliphatic rings. The lowest BCUT2D eigenvalue weighted by Crippen LogP contribution is -2.34. The Morgan fingerprint density at radius 2 is 2.29 bits per heavy atom. The summed E-state index contributed by atoms with van der Waals surface area (Å²) < 4.78 is 18.6. The van der Waals surface area contributed by atoms with Crippen LogP contribution in [0.3, 0.4) is 0 Å². The van der Waals surface area contributed by atoms with Gasteiger partial charge in [0.05, 0.1) is 12.2 Å². The van der Waals surface area contributed by atoms with Crippen molar-refractivity contribution < 1.29 is 9.13 Å². The molecule has 1 aromatic rings. The fourth-order valence-corrected chi connectivity index (χ4v) is 1.53. The SMILES string of the molecule is CC(C)C1CNc2ccc(F)cc2O1. The lowest BCUT2D eigenvalue weighted by Gasteiger charge is -2.29. The van der Waals surface area contributed by atoms with Gasteiger partial charge in [-0.25, -0.2) is 4.39 Å². The summed E-state index contributed by atoms with van der Waals surface area (Å²) in [5.41, 5.74) is 0.878. The van der Waals surface area contributed by atoms with Gasteiger partial charge >= 0.3 is 0 Å². The normalized spacial score (nSPS) is 19.9. The fourth-order valence-electron chi connectivity index (χ4n) is 1.53. The van der Waals surface area contributed by atoms with Crippen LogP contribution in [0.4, 0.5) is 10.1 Å². The lowest BCUT2D eigenvalue weighted by atomic mass is 10.1. The summed E-state index contributed by atoms with van der Waals surface area (Å²) in [5.74, 6) is 0.795. The van der Waals surface area contributed by atoms with E-state index in [-0.39, 0.29) is 11.9 Å². The summed E-state index contributed by atoms with van der Waals surface area (Å²) in [7, 11) is 0. The maximum Gasteiger partial charge on any atom is 0.145 e. The van der Waals surface area contributed by atoms with E-state index < -0.39 is 0 Å². The molecule has 14 heavy (non-hydrogen) atoms. The number of halogens is 1. The van der Waals surface area contributed by atoms with Gasteiger partial charge in [0.2, 0.25) is 0 Å². The van der Waals surface area contributed by atoms with Gasteiger partial charge in [-0.05, 0) is 18.1 Å². The van der Waals surface area contributed by atoms with E-state index in [1.165, 1.54) is 12.1 Å². The van der Waals surface area contributed by atoms with Gasteiger partial charge in [-0.1, -0.05) is 13.8 Å². The molecule has 1 aliphatic heterocycles. The Morgan fingerprint density at radius 1 is 1.50 bits per heavy atom. The number of anilines is 1. The highest BCUT2D eigenvalue weighted by atomic mass is 19.1. The van der Waals surface area contributed by atoms with E-state index in [1.54, 1.807) is 6.07 Å². The van der Waals surface area contributed by atoms with Crippen molar-refractivity contribution in [2.75, 3.05) is 11.9 Å². The molecule has 0 aromatic heterocycles. The molecule has 0 fully saturated rings. The number of fused-ring (bicyclic) bond motifs is 1. The zero-order chi connectivity index (χ0) is 10.1. The number of rotatable bonds is 1. The minimum Gasteiger partial charge on any atom is -0.486 e. The molecule has 1 heterocycles. The molecule has 0 amide bonds. The molecule has 0 saturated heterocycles. The van der Waals surface area contributed by atoms with Gasteiger partial charge in [-0.3, -0.25) is 0 Å². The Bertz CT molecular complexity index is 338. The monoisotopic (exact) mass is 195 g/mol. The molecular weight excluding hydrogens is 181 g/mol. The molecule has 1 N–H and O–H groups in total. The van der Waals surface area contributed by atoms with E-state index in [4.69, 9.17) is 4.74 Å². The van der Waals surface area contributed by atoms with Crippen LogP contribution in [0, 0.1) is 11.7 Å². The van der Waals surface area contributed by atoms with Crippen LogP contribution >= 0.6 is 0 Å². The van der Waals surface area contributed by atoms with Gasteiger partial charge in [0.1, 0.15) is 17.7 Å². The third kappa shape index (κ3) is 1.67. The first-order valence-corrected chi connectivity index (χ1v) is 4.87. The standard InChI is InChI=1S/C11H14FNO/c1-7(2)11-6-13-9-4-3-8(12)5-10(9)14-11/h3-5,7,11,13H,6H2,1-2H3. The second-order valence-electron chi connectivity index (χ2n) is 3.92. The van der Waals surface area contributed by atoms with E-state index in [1.807, 2.05) is 0 Å². The smallest absolute Gasteiger partial charge is 0.145 e. The van der Waals surface area contributed by atoms with E-state index in [9.17, 15) is 4.39 Å². The van der Waals surface area contributed by atoms with Gasteiger partial charge in [0, 0.05) is 6.07 Å². The lowest BCUT2D eigenvalue weighted by molar-refractivity contribution is 0.156. The van der Waals surface area contributed by atoms with E-state index in [0.717, 1.165) is 12.2 Å². The minimum atomic E-state index is -0.255. The molecule has 0 saturated carbocycles. The van der Waals surface area contributed by atoms with Crippen molar-refractivity contribution in [3.63, 3.8) is 0 Å². The van der Waals surface area contributed by atoms with Gasteiger partial charge < -0.3 is 10.1 Å². The molecule has 2 nitrogen and oxygen atoms in total. The number of nitrogens with one attached hydrogen (secondary N) is 1. The highest BCUT2D eigenvalue weighted by molar-refractivity contribution is 5.58. The predicted octanol–water partition coefficient (Wildman–Crippen LogP) is 2.65. The Hall–Kier alpha value is -1.25. The van der Waals surface area contributed by atoms with E-state index in [0.29, 0.717) is 11.7 Å². The zero-order valence-corrected chi connectivity index (χ0v) is 8.38. The Kier molecular flexibility index (Phi) is 2.32. The number of ether oxygens (including phenoxy) is 1. The predicted molar refractivity (Wildman–Crippen MR) is 54.1 cm³/mol. The average Bonchev–Trinajstić information content (AvgIpc) is 2.16. The minimum absolute atomic E-state index is 0.129. The van der Waals surface area contributed by atoms with Crippen molar-refractivity contribution in [3.8, 4) is 5.75 Å². The molecule has 1 unspecified atom stereocenters. The van der Waals surface area contributed by atoms with Crippen LogP contribution in [-0.2, 0) is 0 Å². The molecule has 0 spiro atoms. The number of hydrogen-bond acceptors (Lipinski definition) is 2. The Balaban J connectivity index is 2.24. The maximum absolute atomic E-state index is 12.9. The highest BCUT2D eigenvalue weighted by Gasteiger charge is 2.21. The molecule has 0 aliphatic carbocycles. The van der Waals surface area contributed by atoms with Crippen molar-refractivity contribution in [2.24, 2.45) is 5.92 Å². The van der Waals surface area contributed by atoms with Crippen LogP contribution in [-0.4, -0.2) is 12.6 Å².